The second-order valence-corrected chi connectivity index (χ2v) is 8.63. The van der Waals surface area contributed by atoms with Gasteiger partial charge >= 0.3 is 5.97 Å². The third-order valence-corrected chi connectivity index (χ3v) is 6.41. The van der Waals surface area contributed by atoms with Crippen molar-refractivity contribution < 1.29 is 9.53 Å². The fraction of sp³-hybridized carbons (Fsp3) is 0.409. The number of benzene rings is 2. The molecule has 27 heavy (non-hydrogen) atoms. The molecule has 0 aliphatic carbocycles. The Morgan fingerprint density at radius 3 is 2.67 bits per heavy atom. The van der Waals surface area contributed by atoms with Crippen molar-refractivity contribution in [3.8, 4) is 0 Å². The molecule has 0 bridgehead atoms. The maximum absolute atomic E-state index is 12.0. The molecule has 2 atom stereocenters. The Balaban J connectivity index is 1.46. The van der Waals surface area contributed by atoms with Crippen molar-refractivity contribution in [2.45, 2.75) is 12.3 Å². The molecule has 2 aromatic carbocycles. The second-order valence-electron chi connectivity index (χ2n) is 7.05. The molecule has 3 nitrogen and oxygen atoms in total. The topological polar surface area (TPSA) is 29.5 Å². The number of piperidine rings is 1. The van der Waals surface area contributed by atoms with E-state index in [2.05, 4.69) is 24.1 Å². The molecule has 5 heteroatoms. The van der Waals surface area contributed by atoms with Crippen LogP contribution in [0.4, 0.5) is 0 Å². The minimum absolute atomic E-state index is 0.243. The number of carbonyl (C=O) groups excluding carboxylic acids is 1. The average Bonchev–Trinajstić information content (AvgIpc) is 2.69. The summed E-state index contributed by atoms with van der Waals surface area (Å²) in [5.74, 6) is 2.82. The van der Waals surface area contributed by atoms with Crippen LogP contribution in [0.25, 0.3) is 0 Å². The molecule has 0 N–H and O–H groups in total. The average molecular weight is 404 g/mol. The number of likely N-dealkylation sites (tertiary alicyclic amines) is 1. The van der Waals surface area contributed by atoms with E-state index in [1.54, 1.807) is 12.1 Å². The van der Waals surface area contributed by atoms with E-state index in [4.69, 9.17) is 16.3 Å². The van der Waals surface area contributed by atoms with E-state index in [9.17, 15) is 4.79 Å². The summed E-state index contributed by atoms with van der Waals surface area (Å²) in [7, 11) is 2.19. The highest BCUT2D eigenvalue weighted by Crippen LogP contribution is 2.35. The van der Waals surface area contributed by atoms with Crippen LogP contribution < -0.4 is 0 Å². The molecule has 1 aliphatic heterocycles. The van der Waals surface area contributed by atoms with E-state index in [-0.39, 0.29) is 5.97 Å². The van der Waals surface area contributed by atoms with Crippen LogP contribution >= 0.6 is 23.4 Å². The number of thioether (sulfide) groups is 1. The number of esters is 1. The lowest BCUT2D eigenvalue weighted by molar-refractivity contribution is 0.0530. The zero-order chi connectivity index (χ0) is 19.1. The number of halogens is 1. The summed E-state index contributed by atoms with van der Waals surface area (Å²) in [5.41, 5.74) is 1.99. The molecule has 144 valence electrons. The lowest BCUT2D eigenvalue weighted by Crippen LogP contribution is -2.38. The number of rotatable bonds is 7. The fourth-order valence-electron chi connectivity index (χ4n) is 3.62. The molecule has 1 fully saturated rings. The molecule has 0 amide bonds. The Kier molecular flexibility index (Phi) is 7.62. The molecule has 1 heterocycles. The van der Waals surface area contributed by atoms with Crippen molar-refractivity contribution in [3.05, 3.63) is 70.7 Å². The largest absolute Gasteiger partial charge is 0.461 e. The van der Waals surface area contributed by atoms with Crippen LogP contribution in [-0.2, 0) is 4.74 Å². The lowest BCUT2D eigenvalue weighted by Gasteiger charge is -2.37. The number of carbonyl (C=O) groups is 1. The van der Waals surface area contributed by atoms with Gasteiger partial charge in [0.1, 0.15) is 6.61 Å². The van der Waals surface area contributed by atoms with Gasteiger partial charge in [-0.3, -0.25) is 0 Å². The van der Waals surface area contributed by atoms with Crippen molar-refractivity contribution in [2.24, 2.45) is 5.92 Å². The van der Waals surface area contributed by atoms with Gasteiger partial charge in [-0.1, -0.05) is 41.9 Å². The van der Waals surface area contributed by atoms with Crippen LogP contribution in [0.5, 0.6) is 0 Å². The quantitative estimate of drug-likeness (QED) is 0.482. The number of hydrogen-bond donors (Lipinski definition) is 0. The van der Waals surface area contributed by atoms with Gasteiger partial charge in [0, 0.05) is 17.3 Å². The molecule has 0 aromatic heterocycles. The second kappa shape index (κ2) is 10.2. The molecule has 0 unspecified atom stereocenters. The summed E-state index contributed by atoms with van der Waals surface area (Å²) in [6, 6.07) is 17.5. The van der Waals surface area contributed by atoms with Gasteiger partial charge in [-0.2, -0.15) is 11.8 Å². The van der Waals surface area contributed by atoms with Crippen molar-refractivity contribution in [2.75, 3.05) is 38.2 Å². The van der Waals surface area contributed by atoms with Crippen LogP contribution in [0, 0.1) is 5.92 Å². The first-order chi connectivity index (χ1) is 13.1. The first kappa shape index (κ1) is 20.2. The standard InChI is InChI=1S/C22H26ClNO2S/c1-24-12-11-21(17-7-9-20(23)10-8-17)19(15-24)16-27-14-13-26-22(25)18-5-3-2-4-6-18/h2-10,19,21H,11-16H2,1H3/t19-,21-/m1/s1. The van der Waals surface area contributed by atoms with Crippen molar-refractivity contribution >= 4 is 29.3 Å². The Bertz CT molecular complexity index is 723. The number of nitrogens with zero attached hydrogens (tertiary/aromatic N) is 1. The Labute approximate surface area is 171 Å². The first-order valence-corrected chi connectivity index (χ1v) is 10.9. The van der Waals surface area contributed by atoms with Crippen molar-refractivity contribution in [3.63, 3.8) is 0 Å². The van der Waals surface area contributed by atoms with Crippen LogP contribution in [0.1, 0.15) is 28.3 Å². The van der Waals surface area contributed by atoms with Crippen LogP contribution in [-0.4, -0.2) is 49.1 Å². The van der Waals surface area contributed by atoms with E-state index >= 15 is 0 Å². The fourth-order valence-corrected chi connectivity index (χ4v) is 4.75. The lowest BCUT2D eigenvalue weighted by atomic mass is 9.81. The monoisotopic (exact) mass is 403 g/mol. The van der Waals surface area contributed by atoms with E-state index in [1.807, 2.05) is 42.1 Å². The van der Waals surface area contributed by atoms with Gasteiger partial charge in [-0.15, -0.1) is 0 Å². The Morgan fingerprint density at radius 1 is 1.19 bits per heavy atom. The highest BCUT2D eigenvalue weighted by atomic mass is 35.5. The maximum Gasteiger partial charge on any atom is 0.338 e. The third-order valence-electron chi connectivity index (χ3n) is 5.04. The zero-order valence-electron chi connectivity index (χ0n) is 15.6. The first-order valence-electron chi connectivity index (χ1n) is 9.37. The normalized spacial score (nSPS) is 20.4. The summed E-state index contributed by atoms with van der Waals surface area (Å²) in [6.45, 7) is 2.68. The summed E-state index contributed by atoms with van der Waals surface area (Å²) in [4.78, 5) is 14.4. The summed E-state index contributed by atoms with van der Waals surface area (Å²) in [5, 5.41) is 0.790. The summed E-state index contributed by atoms with van der Waals surface area (Å²) in [6.07, 6.45) is 1.17. The summed E-state index contributed by atoms with van der Waals surface area (Å²) < 4.78 is 5.38. The van der Waals surface area contributed by atoms with E-state index in [1.165, 1.54) is 12.0 Å². The minimum Gasteiger partial charge on any atom is -0.461 e. The predicted molar refractivity (Wildman–Crippen MR) is 114 cm³/mol. The molecule has 0 spiro atoms. The molecular weight excluding hydrogens is 378 g/mol. The predicted octanol–water partition coefficient (Wildman–Crippen LogP) is 4.97. The van der Waals surface area contributed by atoms with Crippen LogP contribution in [0.2, 0.25) is 5.02 Å². The van der Waals surface area contributed by atoms with Crippen LogP contribution in [0.3, 0.4) is 0 Å². The SMILES string of the molecule is CN1CC[C@H](c2ccc(Cl)cc2)[C@@H](CSCCOC(=O)c2ccccc2)C1. The van der Waals surface area contributed by atoms with Gasteiger partial charge in [0.2, 0.25) is 0 Å². The molecule has 1 saturated heterocycles. The van der Waals surface area contributed by atoms with Crippen LogP contribution in [0.15, 0.2) is 54.6 Å². The molecular formula is C22H26ClNO2S. The van der Waals surface area contributed by atoms with Crippen molar-refractivity contribution in [1.29, 1.82) is 0 Å². The molecule has 1 aliphatic rings. The number of ether oxygens (including phenoxy) is 1. The zero-order valence-corrected chi connectivity index (χ0v) is 17.2. The minimum atomic E-state index is -0.243. The van der Waals surface area contributed by atoms with Gasteiger partial charge in [-0.05, 0) is 67.4 Å². The van der Waals surface area contributed by atoms with E-state index in [0.717, 1.165) is 29.6 Å². The van der Waals surface area contributed by atoms with Gasteiger partial charge in [0.05, 0.1) is 5.56 Å². The molecule has 0 saturated carbocycles. The maximum atomic E-state index is 12.0. The van der Waals surface area contributed by atoms with E-state index < -0.39 is 0 Å². The molecule has 3 rings (SSSR count). The van der Waals surface area contributed by atoms with E-state index in [0.29, 0.717) is 24.0 Å². The highest BCUT2D eigenvalue weighted by molar-refractivity contribution is 7.99. The highest BCUT2D eigenvalue weighted by Gasteiger charge is 2.28. The Morgan fingerprint density at radius 2 is 1.93 bits per heavy atom. The number of hydrogen-bond acceptors (Lipinski definition) is 4. The molecule has 0 radical (unpaired) electrons. The Hall–Kier alpha value is -1.49. The smallest absolute Gasteiger partial charge is 0.338 e. The van der Waals surface area contributed by atoms with Crippen molar-refractivity contribution in [1.82, 2.24) is 4.90 Å². The third kappa shape index (κ3) is 6.00. The van der Waals surface area contributed by atoms with Gasteiger partial charge in [-0.25, -0.2) is 4.79 Å². The molecule has 2 aromatic rings. The van der Waals surface area contributed by atoms with Gasteiger partial charge in [0.15, 0.2) is 0 Å². The summed E-state index contributed by atoms with van der Waals surface area (Å²) >= 11 is 7.92. The van der Waals surface area contributed by atoms with Gasteiger partial charge in [0.25, 0.3) is 0 Å². The van der Waals surface area contributed by atoms with Gasteiger partial charge < -0.3 is 9.64 Å².